The number of anilines is 1. The first-order valence-corrected chi connectivity index (χ1v) is 4.32. The Morgan fingerprint density at radius 1 is 1.31 bits per heavy atom. The zero-order valence-electron chi connectivity index (χ0n) is 7.44. The highest BCUT2D eigenvalue weighted by Crippen LogP contribution is 2.11. The lowest BCUT2D eigenvalue weighted by atomic mass is 10.3. The maximum atomic E-state index is 4.10. The van der Waals surface area contributed by atoms with Crippen molar-refractivity contribution in [3.63, 3.8) is 0 Å². The molecule has 0 saturated carbocycles. The minimum absolute atomic E-state index is 0. The van der Waals surface area contributed by atoms with E-state index >= 15 is 0 Å². The number of nitrogens with one attached hydrogen (secondary N) is 1. The topological polar surface area (TPSA) is 28.2 Å². The van der Waals surface area contributed by atoms with Crippen molar-refractivity contribution >= 4 is 22.7 Å². The number of rotatable bonds is 1. The summed E-state index contributed by atoms with van der Waals surface area (Å²) in [5, 5.41) is 3.32. The molecule has 0 atom stereocenters. The van der Waals surface area contributed by atoms with Gasteiger partial charge in [-0.25, -0.2) is 0 Å². The summed E-state index contributed by atoms with van der Waals surface area (Å²) < 4.78 is 0. The van der Waals surface area contributed by atoms with E-state index in [2.05, 4.69) is 21.3 Å². The van der Waals surface area contributed by atoms with Gasteiger partial charge in [0.1, 0.15) is 0 Å². The Morgan fingerprint density at radius 2 is 2.08 bits per heavy atom. The molecule has 1 fully saturated rings. The van der Waals surface area contributed by atoms with Gasteiger partial charge in [-0.3, -0.25) is 4.98 Å². The molecule has 3 nitrogen and oxygen atoms in total. The number of hydrogen-bond acceptors (Lipinski definition) is 3. The minimum atomic E-state index is 0. The van der Waals surface area contributed by atoms with Crippen molar-refractivity contribution in [3.8, 4) is 0 Å². The molecule has 0 radical (unpaired) electrons. The normalized spacial score (nSPS) is 16.5. The van der Waals surface area contributed by atoms with Crippen molar-refractivity contribution in [1.82, 2.24) is 10.3 Å². The highest BCUT2D eigenvalue weighted by atomic mass is 79.9. The summed E-state index contributed by atoms with van der Waals surface area (Å²) in [6.07, 6.45) is 3.73. The van der Waals surface area contributed by atoms with Gasteiger partial charge in [-0.1, -0.05) is 0 Å². The predicted octanol–water partition coefficient (Wildman–Crippen LogP) is 1.07. The molecule has 2 heterocycles. The van der Waals surface area contributed by atoms with Crippen LogP contribution in [0.15, 0.2) is 24.5 Å². The van der Waals surface area contributed by atoms with Crippen LogP contribution in [0.25, 0.3) is 0 Å². The van der Waals surface area contributed by atoms with Gasteiger partial charge in [0.25, 0.3) is 0 Å². The Balaban J connectivity index is 0.000000845. The highest BCUT2D eigenvalue weighted by molar-refractivity contribution is 8.93. The van der Waals surface area contributed by atoms with E-state index in [9.17, 15) is 0 Å². The highest BCUT2D eigenvalue weighted by Gasteiger charge is 2.08. The zero-order valence-corrected chi connectivity index (χ0v) is 9.15. The number of halogens is 1. The lowest BCUT2D eigenvalue weighted by Gasteiger charge is -2.28. The summed E-state index contributed by atoms with van der Waals surface area (Å²) in [6.45, 7) is 4.33. The number of pyridine rings is 1. The number of hydrogen-bond donors (Lipinski definition) is 1. The maximum Gasteiger partial charge on any atom is 0.0553 e. The molecule has 0 aromatic carbocycles. The van der Waals surface area contributed by atoms with Gasteiger partial charge in [0.2, 0.25) is 0 Å². The first-order valence-electron chi connectivity index (χ1n) is 4.32. The lowest BCUT2D eigenvalue weighted by Crippen LogP contribution is -2.43. The van der Waals surface area contributed by atoms with Gasteiger partial charge < -0.3 is 10.2 Å². The fourth-order valence-electron chi connectivity index (χ4n) is 1.46. The van der Waals surface area contributed by atoms with Crippen molar-refractivity contribution in [2.45, 2.75) is 0 Å². The smallest absolute Gasteiger partial charge is 0.0553 e. The van der Waals surface area contributed by atoms with Gasteiger partial charge in [0, 0.05) is 32.4 Å². The SMILES string of the molecule is Br.c1cncc(N2CCNCC2)c1. The van der Waals surface area contributed by atoms with Gasteiger partial charge in [-0.15, -0.1) is 17.0 Å². The second kappa shape index (κ2) is 5.19. The molecule has 1 aromatic rings. The number of piperazine rings is 1. The molecule has 0 bridgehead atoms. The van der Waals surface area contributed by atoms with Crippen molar-refractivity contribution in [2.75, 3.05) is 31.1 Å². The molecule has 0 spiro atoms. The summed E-state index contributed by atoms with van der Waals surface area (Å²) in [5.74, 6) is 0. The Kier molecular flexibility index (Phi) is 4.18. The molecule has 1 aromatic heterocycles. The Labute approximate surface area is 88.9 Å². The average Bonchev–Trinajstić information content (AvgIpc) is 2.21. The van der Waals surface area contributed by atoms with E-state index in [4.69, 9.17) is 0 Å². The molecule has 1 aliphatic rings. The van der Waals surface area contributed by atoms with Gasteiger partial charge in [0.05, 0.1) is 11.9 Å². The summed E-state index contributed by atoms with van der Waals surface area (Å²) in [6, 6.07) is 4.09. The van der Waals surface area contributed by atoms with Crippen LogP contribution in [0.2, 0.25) is 0 Å². The van der Waals surface area contributed by atoms with Crippen LogP contribution in [0.4, 0.5) is 5.69 Å². The molecule has 1 aliphatic heterocycles. The summed E-state index contributed by atoms with van der Waals surface area (Å²) in [4.78, 5) is 6.45. The van der Waals surface area contributed by atoms with Gasteiger partial charge >= 0.3 is 0 Å². The minimum Gasteiger partial charge on any atom is -0.368 e. The third-order valence-electron chi connectivity index (χ3n) is 2.13. The van der Waals surface area contributed by atoms with Crippen molar-refractivity contribution in [1.29, 1.82) is 0 Å². The summed E-state index contributed by atoms with van der Waals surface area (Å²) >= 11 is 0. The largest absolute Gasteiger partial charge is 0.368 e. The monoisotopic (exact) mass is 243 g/mol. The third kappa shape index (κ3) is 2.67. The van der Waals surface area contributed by atoms with E-state index in [-0.39, 0.29) is 17.0 Å². The van der Waals surface area contributed by atoms with E-state index < -0.39 is 0 Å². The fourth-order valence-corrected chi connectivity index (χ4v) is 1.46. The molecule has 4 heteroatoms. The standard InChI is InChI=1S/C9H13N3.BrH/c1-2-9(8-11-3-1)12-6-4-10-5-7-12;/h1-3,8,10H,4-7H2;1H. The molecular formula is C9H14BrN3. The Morgan fingerprint density at radius 3 is 2.69 bits per heavy atom. The summed E-state index contributed by atoms with van der Waals surface area (Å²) in [5.41, 5.74) is 1.24. The van der Waals surface area contributed by atoms with Crippen LogP contribution in [-0.4, -0.2) is 31.2 Å². The van der Waals surface area contributed by atoms with Crippen molar-refractivity contribution in [3.05, 3.63) is 24.5 Å². The molecule has 0 unspecified atom stereocenters. The lowest BCUT2D eigenvalue weighted by molar-refractivity contribution is 0.589. The third-order valence-corrected chi connectivity index (χ3v) is 2.13. The van der Waals surface area contributed by atoms with E-state index in [0.717, 1.165) is 26.2 Å². The van der Waals surface area contributed by atoms with Gasteiger partial charge in [-0.2, -0.15) is 0 Å². The number of aromatic nitrogens is 1. The second-order valence-electron chi connectivity index (χ2n) is 2.95. The first kappa shape index (κ1) is 10.5. The molecule has 0 aliphatic carbocycles. The van der Waals surface area contributed by atoms with Crippen LogP contribution >= 0.6 is 17.0 Å². The van der Waals surface area contributed by atoms with Crippen LogP contribution in [-0.2, 0) is 0 Å². The van der Waals surface area contributed by atoms with Crippen LogP contribution in [0, 0.1) is 0 Å². The Bertz CT molecular complexity index is 234. The first-order chi connectivity index (χ1) is 5.97. The van der Waals surface area contributed by atoms with E-state index in [1.54, 1.807) is 0 Å². The van der Waals surface area contributed by atoms with E-state index in [1.807, 2.05) is 18.5 Å². The molecule has 0 amide bonds. The second-order valence-corrected chi connectivity index (χ2v) is 2.95. The van der Waals surface area contributed by atoms with Crippen molar-refractivity contribution < 1.29 is 0 Å². The number of nitrogens with zero attached hydrogens (tertiary/aromatic N) is 2. The molecule has 1 saturated heterocycles. The van der Waals surface area contributed by atoms with Crippen LogP contribution in [0.5, 0.6) is 0 Å². The van der Waals surface area contributed by atoms with Crippen LogP contribution in [0.1, 0.15) is 0 Å². The average molecular weight is 244 g/mol. The summed E-state index contributed by atoms with van der Waals surface area (Å²) in [7, 11) is 0. The van der Waals surface area contributed by atoms with Crippen molar-refractivity contribution in [2.24, 2.45) is 0 Å². The van der Waals surface area contributed by atoms with Gasteiger partial charge in [-0.05, 0) is 12.1 Å². The molecular weight excluding hydrogens is 230 g/mol. The molecule has 72 valence electrons. The van der Waals surface area contributed by atoms with Crippen LogP contribution < -0.4 is 10.2 Å². The van der Waals surface area contributed by atoms with E-state index in [0.29, 0.717) is 0 Å². The fraction of sp³-hybridized carbons (Fsp3) is 0.444. The Hall–Kier alpha value is -0.610. The molecule has 2 rings (SSSR count). The quantitative estimate of drug-likeness (QED) is 0.800. The maximum absolute atomic E-state index is 4.10. The molecule has 1 N–H and O–H groups in total. The predicted molar refractivity (Wildman–Crippen MR) is 59.6 cm³/mol. The zero-order chi connectivity index (χ0) is 8.23. The van der Waals surface area contributed by atoms with E-state index in [1.165, 1.54) is 5.69 Å². The van der Waals surface area contributed by atoms with Gasteiger partial charge in [0.15, 0.2) is 0 Å². The molecule has 13 heavy (non-hydrogen) atoms. The van der Waals surface area contributed by atoms with Crippen LogP contribution in [0.3, 0.4) is 0 Å².